The molecule has 4 rings (SSSR count). The molecule has 27 heavy (non-hydrogen) atoms. The van der Waals surface area contributed by atoms with Crippen LogP contribution in [0.25, 0.3) is 0 Å². The van der Waals surface area contributed by atoms with E-state index in [0.717, 1.165) is 49.9 Å². The molecule has 6 nitrogen and oxygen atoms in total. The lowest BCUT2D eigenvalue weighted by atomic mass is 9.98. The van der Waals surface area contributed by atoms with Gasteiger partial charge in [0.1, 0.15) is 5.75 Å². The number of likely N-dealkylation sites (tertiary alicyclic amines) is 1. The van der Waals surface area contributed by atoms with Crippen LogP contribution in [0.15, 0.2) is 42.6 Å². The molecule has 3 heterocycles. The predicted octanol–water partition coefficient (Wildman–Crippen LogP) is 3.71. The van der Waals surface area contributed by atoms with E-state index in [4.69, 9.17) is 4.74 Å². The molecule has 1 atom stereocenters. The molecular formula is C21H26N4O2. The number of urea groups is 1. The smallest absolute Gasteiger partial charge is 0.321 e. The highest BCUT2D eigenvalue weighted by molar-refractivity contribution is 5.92. The van der Waals surface area contributed by atoms with Crippen LogP contribution < -0.4 is 15.0 Å². The van der Waals surface area contributed by atoms with Crippen LogP contribution in [0.4, 0.5) is 16.3 Å². The highest BCUT2D eigenvalue weighted by Gasteiger charge is 2.28. The van der Waals surface area contributed by atoms with Crippen molar-refractivity contribution >= 4 is 17.5 Å². The molecule has 1 aromatic heterocycles. The normalized spacial score (nSPS) is 19.4. The van der Waals surface area contributed by atoms with Gasteiger partial charge in [-0.1, -0.05) is 12.1 Å². The van der Waals surface area contributed by atoms with Gasteiger partial charge in [0.15, 0.2) is 5.82 Å². The fourth-order valence-corrected chi connectivity index (χ4v) is 3.96. The van der Waals surface area contributed by atoms with Gasteiger partial charge in [-0.3, -0.25) is 0 Å². The number of pyridine rings is 1. The van der Waals surface area contributed by atoms with Crippen molar-refractivity contribution in [3.8, 4) is 5.75 Å². The molecule has 1 aromatic carbocycles. The zero-order valence-corrected chi connectivity index (χ0v) is 15.7. The molecule has 2 aliphatic rings. The molecule has 6 heteroatoms. The first-order valence-electron chi connectivity index (χ1n) is 9.64. The number of hydrogen-bond acceptors (Lipinski definition) is 4. The monoisotopic (exact) mass is 366 g/mol. The van der Waals surface area contributed by atoms with Crippen molar-refractivity contribution in [1.29, 1.82) is 0 Å². The highest BCUT2D eigenvalue weighted by atomic mass is 16.5. The molecular weight excluding hydrogens is 340 g/mol. The number of nitrogens with zero attached hydrogens (tertiary/aromatic N) is 3. The Bertz CT molecular complexity index is 787. The lowest BCUT2D eigenvalue weighted by Gasteiger charge is -2.22. The topological polar surface area (TPSA) is 57.7 Å². The number of amides is 2. The van der Waals surface area contributed by atoms with Gasteiger partial charge in [-0.15, -0.1) is 0 Å². The van der Waals surface area contributed by atoms with Gasteiger partial charge in [-0.05, 0) is 49.1 Å². The van der Waals surface area contributed by atoms with E-state index in [1.165, 1.54) is 18.4 Å². The molecule has 2 fully saturated rings. The lowest BCUT2D eigenvalue weighted by molar-refractivity contribution is 0.222. The number of hydrogen-bond donors (Lipinski definition) is 1. The quantitative estimate of drug-likeness (QED) is 0.896. The number of nitrogens with one attached hydrogen (secondary N) is 1. The number of aromatic nitrogens is 1. The van der Waals surface area contributed by atoms with E-state index in [-0.39, 0.29) is 6.03 Å². The van der Waals surface area contributed by atoms with E-state index in [2.05, 4.69) is 27.3 Å². The van der Waals surface area contributed by atoms with Crippen LogP contribution in [-0.2, 0) is 0 Å². The van der Waals surface area contributed by atoms with E-state index in [1.54, 1.807) is 13.3 Å². The fourth-order valence-electron chi connectivity index (χ4n) is 3.96. The molecule has 2 aromatic rings. The number of carbonyl (C=O) groups excluding carboxylic acids is 1. The average molecular weight is 366 g/mol. The molecule has 2 saturated heterocycles. The van der Waals surface area contributed by atoms with E-state index in [0.29, 0.717) is 5.92 Å². The molecule has 0 bridgehead atoms. The summed E-state index contributed by atoms with van der Waals surface area (Å²) >= 11 is 0. The molecule has 2 aliphatic heterocycles. The summed E-state index contributed by atoms with van der Waals surface area (Å²) in [4.78, 5) is 21.5. The third-order valence-corrected chi connectivity index (χ3v) is 5.50. The van der Waals surface area contributed by atoms with Gasteiger partial charge in [0.05, 0.1) is 12.8 Å². The Morgan fingerprint density at radius 1 is 1.15 bits per heavy atom. The van der Waals surface area contributed by atoms with Gasteiger partial charge < -0.3 is 19.9 Å². The lowest BCUT2D eigenvalue weighted by Crippen LogP contribution is -2.33. The van der Waals surface area contributed by atoms with Crippen molar-refractivity contribution < 1.29 is 9.53 Å². The number of anilines is 2. The molecule has 0 spiro atoms. The van der Waals surface area contributed by atoms with Crippen LogP contribution in [-0.4, -0.2) is 49.2 Å². The van der Waals surface area contributed by atoms with Crippen molar-refractivity contribution in [2.75, 3.05) is 43.5 Å². The molecule has 0 saturated carbocycles. The minimum absolute atomic E-state index is 0.0422. The second-order valence-electron chi connectivity index (χ2n) is 7.20. The first-order valence-corrected chi connectivity index (χ1v) is 9.64. The van der Waals surface area contributed by atoms with E-state index < -0.39 is 0 Å². The molecule has 0 aliphatic carbocycles. The zero-order chi connectivity index (χ0) is 18.6. The summed E-state index contributed by atoms with van der Waals surface area (Å²) < 4.78 is 5.23. The summed E-state index contributed by atoms with van der Waals surface area (Å²) in [5.41, 5.74) is 2.06. The van der Waals surface area contributed by atoms with Crippen LogP contribution in [0.1, 0.15) is 30.7 Å². The maximum absolute atomic E-state index is 12.8. The second-order valence-corrected chi connectivity index (χ2v) is 7.20. The van der Waals surface area contributed by atoms with E-state index in [9.17, 15) is 4.79 Å². The molecule has 1 N–H and O–H groups in total. The first-order chi connectivity index (χ1) is 13.2. The van der Waals surface area contributed by atoms with Gasteiger partial charge >= 0.3 is 6.03 Å². The van der Waals surface area contributed by atoms with Crippen molar-refractivity contribution in [3.05, 3.63) is 48.2 Å². The Balaban J connectivity index is 1.41. The SMILES string of the molecule is COc1ccc(C2CCN(C(=O)Nc3cccnc3N3CCCC3)C2)cc1. The number of methoxy groups -OCH3 is 1. The summed E-state index contributed by atoms with van der Waals surface area (Å²) in [7, 11) is 1.67. The second kappa shape index (κ2) is 7.86. The van der Waals surface area contributed by atoms with Gasteiger partial charge in [-0.25, -0.2) is 9.78 Å². The Kier molecular flexibility index (Phi) is 5.14. The first kappa shape index (κ1) is 17.6. The minimum Gasteiger partial charge on any atom is -0.497 e. The Morgan fingerprint density at radius 3 is 2.67 bits per heavy atom. The van der Waals surface area contributed by atoms with Crippen LogP contribution in [0.2, 0.25) is 0 Å². The molecule has 1 unspecified atom stereocenters. The highest BCUT2D eigenvalue weighted by Crippen LogP contribution is 2.30. The van der Waals surface area contributed by atoms with Crippen molar-refractivity contribution in [2.45, 2.75) is 25.2 Å². The largest absolute Gasteiger partial charge is 0.497 e. The third-order valence-electron chi connectivity index (χ3n) is 5.50. The van der Waals surface area contributed by atoms with E-state index in [1.807, 2.05) is 29.2 Å². The van der Waals surface area contributed by atoms with Crippen LogP contribution in [0, 0.1) is 0 Å². The minimum atomic E-state index is -0.0422. The maximum Gasteiger partial charge on any atom is 0.321 e. The standard InChI is InChI=1S/C21H26N4O2/c1-27-18-8-6-16(7-9-18)17-10-14-25(15-17)21(26)23-19-5-4-11-22-20(19)24-12-2-3-13-24/h4-9,11,17H,2-3,10,12-15H2,1H3,(H,23,26). The number of ether oxygens (including phenoxy) is 1. The van der Waals surface area contributed by atoms with Crippen LogP contribution in [0.5, 0.6) is 5.75 Å². The number of carbonyl (C=O) groups is 1. The third kappa shape index (κ3) is 3.84. The average Bonchev–Trinajstić information content (AvgIpc) is 3.41. The summed E-state index contributed by atoms with van der Waals surface area (Å²) in [6.07, 6.45) is 5.13. The van der Waals surface area contributed by atoms with E-state index >= 15 is 0 Å². The summed E-state index contributed by atoms with van der Waals surface area (Å²) in [6, 6.07) is 11.9. The van der Waals surface area contributed by atoms with Crippen molar-refractivity contribution in [3.63, 3.8) is 0 Å². The van der Waals surface area contributed by atoms with Gasteiger partial charge in [0.25, 0.3) is 0 Å². The number of benzene rings is 1. The summed E-state index contributed by atoms with van der Waals surface area (Å²) in [5, 5.41) is 3.08. The molecule has 2 amide bonds. The van der Waals surface area contributed by atoms with Gasteiger partial charge in [0, 0.05) is 38.3 Å². The number of rotatable bonds is 4. The van der Waals surface area contributed by atoms with Crippen LogP contribution >= 0.6 is 0 Å². The van der Waals surface area contributed by atoms with Crippen LogP contribution in [0.3, 0.4) is 0 Å². The molecule has 142 valence electrons. The van der Waals surface area contributed by atoms with Gasteiger partial charge in [0.2, 0.25) is 0 Å². The summed E-state index contributed by atoms with van der Waals surface area (Å²) in [5.74, 6) is 2.11. The fraction of sp³-hybridized carbons (Fsp3) is 0.429. The Hall–Kier alpha value is -2.76. The zero-order valence-electron chi connectivity index (χ0n) is 15.7. The predicted molar refractivity (Wildman–Crippen MR) is 107 cm³/mol. The summed E-state index contributed by atoms with van der Waals surface area (Å²) in [6.45, 7) is 3.51. The maximum atomic E-state index is 12.8. The van der Waals surface area contributed by atoms with Crippen molar-refractivity contribution in [1.82, 2.24) is 9.88 Å². The van der Waals surface area contributed by atoms with Gasteiger partial charge in [-0.2, -0.15) is 0 Å². The molecule has 0 radical (unpaired) electrons. The van der Waals surface area contributed by atoms with Crippen molar-refractivity contribution in [2.24, 2.45) is 0 Å². The Labute approximate surface area is 160 Å². The Morgan fingerprint density at radius 2 is 1.93 bits per heavy atom.